The zero-order valence-corrected chi connectivity index (χ0v) is 8.62. The van der Waals surface area contributed by atoms with Crippen LogP contribution in [0.15, 0.2) is 42.3 Å². The maximum Gasteiger partial charge on any atom is 0.336 e. The number of carbonyl (C=O) groups excluding carboxylic acids is 2. The summed E-state index contributed by atoms with van der Waals surface area (Å²) < 4.78 is 0. The molecule has 0 saturated carbocycles. The van der Waals surface area contributed by atoms with Crippen LogP contribution >= 0.6 is 0 Å². The second-order valence-corrected chi connectivity index (χ2v) is 3.33. The van der Waals surface area contributed by atoms with Crippen molar-refractivity contribution in [1.29, 1.82) is 0 Å². The van der Waals surface area contributed by atoms with Crippen LogP contribution in [0, 0.1) is 0 Å². The van der Waals surface area contributed by atoms with Crippen LogP contribution in [0.25, 0.3) is 0 Å². The van der Waals surface area contributed by atoms with Gasteiger partial charge in [0.1, 0.15) is 12.0 Å². The number of aliphatic hydroxyl groups excluding tert-OH is 1. The lowest BCUT2D eigenvalue weighted by molar-refractivity contribution is -0.114. The normalized spacial score (nSPS) is 18.7. The van der Waals surface area contributed by atoms with E-state index in [0.717, 1.165) is 9.80 Å². The SMILES string of the molecule is CN1C(=O)N(c2ccccc2)C(=O)/C1=C\O. The molecule has 3 amide bonds. The molecule has 1 N–H and O–H groups in total. The first-order chi connectivity index (χ1) is 7.66. The monoisotopic (exact) mass is 218 g/mol. The highest BCUT2D eigenvalue weighted by atomic mass is 16.2. The highest BCUT2D eigenvalue weighted by molar-refractivity contribution is 6.26. The largest absolute Gasteiger partial charge is 0.513 e. The molecule has 1 saturated heterocycles. The number of carbonyl (C=O) groups is 2. The van der Waals surface area contributed by atoms with E-state index in [2.05, 4.69) is 0 Å². The van der Waals surface area contributed by atoms with Gasteiger partial charge in [-0.05, 0) is 12.1 Å². The molecule has 1 heterocycles. The van der Waals surface area contributed by atoms with Crippen molar-refractivity contribution in [2.75, 3.05) is 11.9 Å². The molecule has 0 aliphatic carbocycles. The molecule has 1 aromatic carbocycles. The van der Waals surface area contributed by atoms with Crippen molar-refractivity contribution in [3.05, 3.63) is 42.3 Å². The Morgan fingerprint density at radius 1 is 1.19 bits per heavy atom. The summed E-state index contributed by atoms with van der Waals surface area (Å²) in [4.78, 5) is 25.7. The van der Waals surface area contributed by atoms with E-state index in [1.807, 2.05) is 0 Å². The topological polar surface area (TPSA) is 60.9 Å². The summed E-state index contributed by atoms with van der Waals surface area (Å²) in [6.07, 6.45) is 0.642. The highest BCUT2D eigenvalue weighted by Crippen LogP contribution is 2.25. The lowest BCUT2D eigenvalue weighted by Gasteiger charge is -2.12. The van der Waals surface area contributed by atoms with E-state index in [-0.39, 0.29) is 5.70 Å². The Morgan fingerprint density at radius 2 is 1.81 bits per heavy atom. The van der Waals surface area contributed by atoms with Crippen LogP contribution in [0.4, 0.5) is 10.5 Å². The summed E-state index contributed by atoms with van der Waals surface area (Å²) in [6, 6.07) is 8.10. The lowest BCUT2D eigenvalue weighted by atomic mass is 10.3. The molecule has 1 aromatic rings. The molecule has 16 heavy (non-hydrogen) atoms. The van der Waals surface area contributed by atoms with Gasteiger partial charge in [-0.1, -0.05) is 18.2 Å². The summed E-state index contributed by atoms with van der Waals surface area (Å²) in [5.74, 6) is -0.527. The van der Waals surface area contributed by atoms with Gasteiger partial charge in [-0.2, -0.15) is 0 Å². The number of imide groups is 1. The van der Waals surface area contributed by atoms with Crippen LogP contribution in [-0.4, -0.2) is 29.0 Å². The molecule has 0 atom stereocenters. The van der Waals surface area contributed by atoms with Crippen molar-refractivity contribution >= 4 is 17.6 Å². The second kappa shape index (κ2) is 3.69. The number of aliphatic hydroxyl groups is 1. The van der Waals surface area contributed by atoms with E-state index in [0.29, 0.717) is 11.9 Å². The summed E-state index contributed by atoms with van der Waals surface area (Å²) in [5.41, 5.74) is 0.454. The van der Waals surface area contributed by atoms with Crippen LogP contribution in [0.1, 0.15) is 0 Å². The fraction of sp³-hybridized carbons (Fsp3) is 0.0909. The molecule has 5 nitrogen and oxygen atoms in total. The summed E-state index contributed by atoms with van der Waals surface area (Å²) in [5, 5.41) is 8.89. The molecule has 5 heteroatoms. The van der Waals surface area contributed by atoms with Crippen LogP contribution in [-0.2, 0) is 4.79 Å². The molecule has 1 aliphatic heterocycles. The fourth-order valence-corrected chi connectivity index (χ4v) is 1.54. The fourth-order valence-electron chi connectivity index (χ4n) is 1.54. The molecular weight excluding hydrogens is 208 g/mol. The van der Waals surface area contributed by atoms with Gasteiger partial charge < -0.3 is 5.11 Å². The first-order valence-corrected chi connectivity index (χ1v) is 4.68. The lowest BCUT2D eigenvalue weighted by Crippen LogP contribution is -2.31. The van der Waals surface area contributed by atoms with Crippen molar-refractivity contribution < 1.29 is 14.7 Å². The number of anilines is 1. The molecule has 82 valence electrons. The molecule has 0 bridgehead atoms. The van der Waals surface area contributed by atoms with Gasteiger partial charge in [0.2, 0.25) is 0 Å². The van der Waals surface area contributed by atoms with Gasteiger partial charge in [-0.15, -0.1) is 0 Å². The number of nitrogens with zero attached hydrogens (tertiary/aromatic N) is 2. The van der Waals surface area contributed by atoms with Crippen molar-refractivity contribution in [3.8, 4) is 0 Å². The molecule has 2 rings (SSSR count). The van der Waals surface area contributed by atoms with E-state index >= 15 is 0 Å². The maximum atomic E-state index is 11.8. The van der Waals surface area contributed by atoms with Gasteiger partial charge in [0.15, 0.2) is 0 Å². The third kappa shape index (κ3) is 1.33. The number of rotatable bonds is 1. The van der Waals surface area contributed by atoms with Gasteiger partial charge in [-0.25, -0.2) is 9.69 Å². The quantitative estimate of drug-likeness (QED) is 0.441. The third-order valence-electron chi connectivity index (χ3n) is 2.40. The maximum absolute atomic E-state index is 11.8. The minimum atomic E-state index is -0.527. The van der Waals surface area contributed by atoms with E-state index in [1.165, 1.54) is 7.05 Å². The van der Waals surface area contributed by atoms with Crippen molar-refractivity contribution in [1.82, 2.24) is 4.90 Å². The number of likely N-dealkylation sites (N-methyl/N-ethyl adjacent to an activating group) is 1. The number of hydrogen-bond acceptors (Lipinski definition) is 3. The Morgan fingerprint density at radius 3 is 2.31 bits per heavy atom. The smallest absolute Gasteiger partial charge is 0.336 e. The van der Waals surface area contributed by atoms with Crippen LogP contribution in [0.5, 0.6) is 0 Å². The molecule has 1 aliphatic rings. The Balaban J connectivity index is 2.45. The first kappa shape index (κ1) is 10.2. The van der Waals surface area contributed by atoms with Crippen molar-refractivity contribution in [2.24, 2.45) is 0 Å². The summed E-state index contributed by atoms with van der Waals surface area (Å²) in [6.45, 7) is 0. The molecule has 0 aromatic heterocycles. The number of amides is 3. The van der Waals surface area contributed by atoms with Crippen molar-refractivity contribution in [3.63, 3.8) is 0 Å². The standard InChI is InChI=1S/C11H10N2O3/c1-12-9(7-14)10(15)13(11(12)16)8-5-3-2-4-6-8/h2-7,14H,1H3/b9-7+. The average Bonchev–Trinajstić information content (AvgIpc) is 2.51. The predicted molar refractivity (Wildman–Crippen MR) is 57.8 cm³/mol. The van der Waals surface area contributed by atoms with E-state index in [1.54, 1.807) is 30.3 Å². The highest BCUT2D eigenvalue weighted by Gasteiger charge is 2.39. The van der Waals surface area contributed by atoms with Crippen LogP contribution in [0.3, 0.4) is 0 Å². The van der Waals surface area contributed by atoms with Gasteiger partial charge in [0.05, 0.1) is 5.69 Å². The molecule has 0 radical (unpaired) electrons. The first-order valence-electron chi connectivity index (χ1n) is 4.68. The predicted octanol–water partition coefficient (Wildman–Crippen LogP) is 1.48. The Hall–Kier alpha value is -2.30. The van der Waals surface area contributed by atoms with E-state index in [4.69, 9.17) is 5.11 Å². The minimum absolute atomic E-state index is 0.0335. The van der Waals surface area contributed by atoms with Gasteiger partial charge in [-0.3, -0.25) is 9.69 Å². The minimum Gasteiger partial charge on any atom is -0.513 e. The van der Waals surface area contributed by atoms with Gasteiger partial charge in [0.25, 0.3) is 5.91 Å². The van der Waals surface area contributed by atoms with Gasteiger partial charge in [0, 0.05) is 7.05 Å². The van der Waals surface area contributed by atoms with E-state index < -0.39 is 11.9 Å². The molecule has 0 unspecified atom stereocenters. The average molecular weight is 218 g/mol. The number of para-hydroxylation sites is 1. The second-order valence-electron chi connectivity index (χ2n) is 3.33. The van der Waals surface area contributed by atoms with Crippen LogP contribution in [0.2, 0.25) is 0 Å². The molecular formula is C11H10N2O3. The van der Waals surface area contributed by atoms with E-state index in [9.17, 15) is 9.59 Å². The summed E-state index contributed by atoms with van der Waals surface area (Å²) >= 11 is 0. The zero-order valence-electron chi connectivity index (χ0n) is 8.62. The molecule has 1 fully saturated rings. The van der Waals surface area contributed by atoms with Crippen LogP contribution < -0.4 is 4.90 Å². The van der Waals surface area contributed by atoms with Gasteiger partial charge >= 0.3 is 6.03 Å². The molecule has 0 spiro atoms. The summed E-state index contributed by atoms with van der Waals surface area (Å²) in [7, 11) is 1.44. The number of hydrogen-bond donors (Lipinski definition) is 1. The Bertz CT molecular complexity index is 467. The Labute approximate surface area is 92.2 Å². The number of urea groups is 1. The van der Waals surface area contributed by atoms with Crippen molar-refractivity contribution in [2.45, 2.75) is 0 Å². The zero-order chi connectivity index (χ0) is 11.7. The third-order valence-corrected chi connectivity index (χ3v) is 2.40. The Kier molecular flexibility index (Phi) is 2.36. The number of benzene rings is 1.